The van der Waals surface area contributed by atoms with Crippen molar-refractivity contribution in [1.82, 2.24) is 10.6 Å². The van der Waals surface area contributed by atoms with Crippen LogP contribution in [-0.2, 0) is 4.79 Å². The van der Waals surface area contributed by atoms with Crippen molar-refractivity contribution < 1.29 is 4.79 Å². The van der Waals surface area contributed by atoms with Gasteiger partial charge in [0.1, 0.15) is 0 Å². The lowest BCUT2D eigenvalue weighted by Crippen LogP contribution is -2.37. The Bertz CT molecular complexity index is 243. The van der Waals surface area contributed by atoms with E-state index < -0.39 is 0 Å². The van der Waals surface area contributed by atoms with Crippen molar-refractivity contribution >= 4 is 29.4 Å². The molecule has 2 N–H and O–H groups in total. The molecule has 0 aliphatic rings. The molecule has 0 aliphatic heterocycles. The third-order valence-corrected chi connectivity index (χ3v) is 4.83. The summed E-state index contributed by atoms with van der Waals surface area (Å²) < 4.78 is 0. The van der Waals surface area contributed by atoms with Crippen LogP contribution in [0.5, 0.6) is 0 Å². The first kappa shape index (κ1) is 20.1. The second-order valence-corrected chi connectivity index (χ2v) is 8.30. The average molecular weight is 321 g/mol. The number of rotatable bonds is 12. The molecular weight excluding hydrogens is 288 g/mol. The number of unbranched alkanes of at least 4 members (excludes halogenated alkanes) is 1. The monoisotopic (exact) mass is 320 g/mol. The average Bonchev–Trinajstić information content (AvgIpc) is 2.37. The van der Waals surface area contributed by atoms with Gasteiger partial charge in [0.15, 0.2) is 0 Å². The fourth-order valence-corrected chi connectivity index (χ4v) is 3.35. The Labute approximate surface area is 133 Å². The van der Waals surface area contributed by atoms with Gasteiger partial charge in [-0.1, -0.05) is 13.3 Å². The highest BCUT2D eigenvalue weighted by Crippen LogP contribution is 2.07. The first-order valence-corrected chi connectivity index (χ1v) is 9.94. The van der Waals surface area contributed by atoms with E-state index in [2.05, 4.69) is 38.3 Å². The van der Waals surface area contributed by atoms with Crippen LogP contribution in [0, 0.1) is 0 Å². The zero-order valence-electron chi connectivity index (χ0n) is 13.6. The van der Waals surface area contributed by atoms with Gasteiger partial charge in [-0.15, -0.1) is 0 Å². The molecule has 0 saturated heterocycles. The summed E-state index contributed by atoms with van der Waals surface area (Å²) in [6.45, 7) is 10.6. The molecule has 20 heavy (non-hydrogen) atoms. The van der Waals surface area contributed by atoms with Gasteiger partial charge < -0.3 is 10.6 Å². The number of carbonyl (C=O) groups is 1. The van der Waals surface area contributed by atoms with Crippen molar-refractivity contribution in [3.05, 3.63) is 0 Å². The van der Waals surface area contributed by atoms with Crippen molar-refractivity contribution in [3.63, 3.8) is 0 Å². The molecule has 0 rings (SSSR count). The van der Waals surface area contributed by atoms with Gasteiger partial charge in [0.2, 0.25) is 5.91 Å². The highest BCUT2D eigenvalue weighted by molar-refractivity contribution is 8.02. The van der Waals surface area contributed by atoms with Crippen molar-refractivity contribution in [2.75, 3.05) is 36.1 Å². The fourth-order valence-electron chi connectivity index (χ4n) is 1.51. The number of nitrogens with one attached hydrogen (secondary N) is 2. The standard InChI is InChI=1S/C15H32N2OS2/c1-5-6-7-14(18)16-8-10-19-12-13-20-11-9-17-15(2,3)4/h17H,5-13H2,1-4H3,(H,16,18). The number of hydrogen-bond acceptors (Lipinski definition) is 4. The molecule has 0 atom stereocenters. The Hall–Kier alpha value is 0.130. The Morgan fingerprint density at radius 3 is 2.15 bits per heavy atom. The van der Waals surface area contributed by atoms with E-state index >= 15 is 0 Å². The van der Waals surface area contributed by atoms with Gasteiger partial charge in [-0.3, -0.25) is 4.79 Å². The SMILES string of the molecule is CCCCC(=O)NCCSCCSCCNC(C)(C)C. The maximum absolute atomic E-state index is 11.4. The molecule has 0 saturated carbocycles. The third-order valence-electron chi connectivity index (χ3n) is 2.60. The minimum atomic E-state index is 0.204. The molecule has 5 heteroatoms. The fraction of sp³-hybridized carbons (Fsp3) is 0.933. The second-order valence-electron chi connectivity index (χ2n) is 5.86. The predicted molar refractivity (Wildman–Crippen MR) is 94.9 cm³/mol. The lowest BCUT2D eigenvalue weighted by molar-refractivity contribution is -0.121. The van der Waals surface area contributed by atoms with E-state index in [0.717, 1.165) is 31.7 Å². The van der Waals surface area contributed by atoms with E-state index in [4.69, 9.17) is 0 Å². The van der Waals surface area contributed by atoms with Crippen LogP contribution in [0.15, 0.2) is 0 Å². The van der Waals surface area contributed by atoms with Gasteiger partial charge in [-0.25, -0.2) is 0 Å². The summed E-state index contributed by atoms with van der Waals surface area (Å²) in [5.74, 6) is 4.77. The first-order chi connectivity index (χ1) is 9.45. The molecule has 0 heterocycles. The largest absolute Gasteiger partial charge is 0.355 e. The smallest absolute Gasteiger partial charge is 0.220 e. The summed E-state index contributed by atoms with van der Waals surface area (Å²) in [6.07, 6.45) is 2.76. The maximum Gasteiger partial charge on any atom is 0.220 e. The van der Waals surface area contributed by atoms with Gasteiger partial charge >= 0.3 is 0 Å². The van der Waals surface area contributed by atoms with Crippen LogP contribution in [0.1, 0.15) is 47.0 Å². The number of hydrogen-bond donors (Lipinski definition) is 2. The van der Waals surface area contributed by atoms with E-state index in [0.29, 0.717) is 6.42 Å². The number of amides is 1. The van der Waals surface area contributed by atoms with Crippen LogP contribution in [-0.4, -0.2) is 47.5 Å². The first-order valence-electron chi connectivity index (χ1n) is 7.63. The molecule has 0 aliphatic carbocycles. The lowest BCUT2D eigenvalue weighted by Gasteiger charge is -2.20. The van der Waals surface area contributed by atoms with Crippen LogP contribution < -0.4 is 10.6 Å². The molecule has 0 bridgehead atoms. The Morgan fingerprint density at radius 1 is 1.00 bits per heavy atom. The molecule has 120 valence electrons. The van der Waals surface area contributed by atoms with Gasteiger partial charge in [-0.2, -0.15) is 23.5 Å². The normalized spacial score (nSPS) is 11.6. The molecule has 0 unspecified atom stereocenters. The van der Waals surface area contributed by atoms with Crippen molar-refractivity contribution in [2.24, 2.45) is 0 Å². The zero-order valence-corrected chi connectivity index (χ0v) is 15.2. The quantitative estimate of drug-likeness (QED) is 0.542. The number of thioether (sulfide) groups is 2. The molecular formula is C15H32N2OS2. The van der Waals surface area contributed by atoms with Crippen molar-refractivity contribution in [2.45, 2.75) is 52.5 Å². The molecule has 0 radical (unpaired) electrons. The van der Waals surface area contributed by atoms with Crippen LogP contribution in [0.2, 0.25) is 0 Å². The number of carbonyl (C=O) groups excluding carboxylic acids is 1. The lowest BCUT2D eigenvalue weighted by atomic mass is 10.1. The summed E-state index contributed by atoms with van der Waals surface area (Å²) in [5.41, 5.74) is 0.227. The summed E-state index contributed by atoms with van der Waals surface area (Å²) >= 11 is 3.93. The van der Waals surface area contributed by atoms with Crippen LogP contribution >= 0.6 is 23.5 Å². The molecule has 0 aromatic rings. The Balaban J connectivity index is 3.15. The summed E-state index contributed by atoms with van der Waals surface area (Å²) in [4.78, 5) is 11.4. The maximum atomic E-state index is 11.4. The second kappa shape index (κ2) is 12.8. The summed E-state index contributed by atoms with van der Waals surface area (Å²) in [6, 6.07) is 0. The van der Waals surface area contributed by atoms with E-state index in [1.54, 1.807) is 0 Å². The third kappa shape index (κ3) is 16.2. The minimum Gasteiger partial charge on any atom is -0.355 e. The van der Waals surface area contributed by atoms with Crippen LogP contribution in [0.4, 0.5) is 0 Å². The summed E-state index contributed by atoms with van der Waals surface area (Å²) in [5, 5.41) is 6.46. The predicted octanol–water partition coefficient (Wildman–Crippen LogP) is 3.15. The minimum absolute atomic E-state index is 0.204. The topological polar surface area (TPSA) is 41.1 Å². The molecule has 1 amide bonds. The summed E-state index contributed by atoms with van der Waals surface area (Å²) in [7, 11) is 0. The highest BCUT2D eigenvalue weighted by Gasteiger charge is 2.06. The highest BCUT2D eigenvalue weighted by atomic mass is 32.2. The van der Waals surface area contributed by atoms with Gasteiger partial charge in [0, 0.05) is 48.1 Å². The molecule has 0 fully saturated rings. The van der Waals surface area contributed by atoms with Crippen LogP contribution in [0.3, 0.4) is 0 Å². The van der Waals surface area contributed by atoms with E-state index in [9.17, 15) is 4.79 Å². The van der Waals surface area contributed by atoms with Crippen molar-refractivity contribution in [3.8, 4) is 0 Å². The molecule has 0 aromatic carbocycles. The Morgan fingerprint density at radius 2 is 1.60 bits per heavy atom. The molecule has 0 spiro atoms. The van der Waals surface area contributed by atoms with E-state index in [-0.39, 0.29) is 11.4 Å². The van der Waals surface area contributed by atoms with Gasteiger partial charge in [-0.05, 0) is 27.2 Å². The Kier molecular flexibility index (Phi) is 12.9. The molecule has 3 nitrogen and oxygen atoms in total. The zero-order chi connectivity index (χ0) is 15.3. The molecule has 0 aromatic heterocycles. The van der Waals surface area contributed by atoms with Gasteiger partial charge in [0.25, 0.3) is 0 Å². The van der Waals surface area contributed by atoms with E-state index in [1.807, 2.05) is 23.5 Å². The van der Waals surface area contributed by atoms with Crippen molar-refractivity contribution in [1.29, 1.82) is 0 Å². The van der Waals surface area contributed by atoms with Crippen LogP contribution in [0.25, 0.3) is 0 Å². The van der Waals surface area contributed by atoms with Gasteiger partial charge in [0.05, 0.1) is 0 Å². The van der Waals surface area contributed by atoms with E-state index in [1.165, 1.54) is 17.3 Å².